The van der Waals surface area contributed by atoms with E-state index in [-0.39, 0.29) is 52.9 Å². The third-order valence-electron chi connectivity index (χ3n) is 9.49. The molecule has 0 radical (unpaired) electrons. The first-order valence-corrected chi connectivity index (χ1v) is 16.5. The Morgan fingerprint density at radius 3 is 2.47 bits per heavy atom. The summed E-state index contributed by atoms with van der Waals surface area (Å²) < 4.78 is 19.5. The molecule has 0 bridgehead atoms. The monoisotopic (exact) mass is 732 g/mol. The Hall–Kier alpha value is -3.25. The number of carbonyl (C=O) groups excluding carboxylic acids is 4. The molecule has 0 unspecified atom stereocenters. The number of carbonyl (C=O) groups is 4. The number of methoxy groups -OCH3 is 1. The predicted octanol–water partition coefficient (Wildman–Crippen LogP) is 6.13. The number of anilines is 1. The zero-order valence-corrected chi connectivity index (χ0v) is 27.4. The third kappa shape index (κ3) is 4.20. The molecule has 0 spiro atoms. The molecule has 6 atom stereocenters. The van der Waals surface area contributed by atoms with Crippen molar-refractivity contribution in [2.75, 3.05) is 12.0 Å². The maximum absolute atomic E-state index is 14.4. The van der Waals surface area contributed by atoms with Crippen molar-refractivity contribution in [3.8, 4) is 11.5 Å². The first-order chi connectivity index (χ1) is 21.4. The Morgan fingerprint density at radius 1 is 1.07 bits per heavy atom. The van der Waals surface area contributed by atoms with Crippen LogP contribution in [-0.4, -0.2) is 50.5 Å². The number of phenolic OH excluding ortho intramolecular Hbond substituents is 1. The van der Waals surface area contributed by atoms with E-state index in [9.17, 15) is 28.7 Å². The van der Waals surface area contributed by atoms with Gasteiger partial charge in [0, 0.05) is 10.8 Å². The van der Waals surface area contributed by atoms with Crippen LogP contribution in [-0.2, 0) is 25.7 Å². The molecule has 232 valence electrons. The van der Waals surface area contributed by atoms with Crippen LogP contribution in [0, 0.1) is 23.6 Å². The smallest absolute Gasteiger partial charge is 0.258 e. The number of hydrogen-bond acceptors (Lipinski definition) is 7. The summed E-state index contributed by atoms with van der Waals surface area (Å²) in [5.74, 6) is -6.24. The minimum atomic E-state index is -2.10. The Labute approximate surface area is 279 Å². The van der Waals surface area contributed by atoms with Crippen LogP contribution >= 0.6 is 50.5 Å². The third-order valence-corrected chi connectivity index (χ3v) is 12.4. The molecule has 3 heterocycles. The van der Waals surface area contributed by atoms with Crippen molar-refractivity contribution in [3.63, 3.8) is 0 Å². The number of ether oxygens (including phenoxy) is 1. The molecule has 4 amide bonds. The summed E-state index contributed by atoms with van der Waals surface area (Å²) in [6.07, 6.45) is 1.87. The van der Waals surface area contributed by atoms with Gasteiger partial charge in [0.1, 0.15) is 5.82 Å². The standard InChI is InChI=1S/C32H24BrCl2FN2O6S/c1-44-23-12-15(11-22(33)26(23)39)25-19-8-9-20-24(28(41)37(27(20)40)14-18-3-2-10-45-18)21(19)13-31(34)29(42)38(30(43)32(25,31)35)17-6-4-16(36)5-7-17/h2-8,10-12,20-21,24-25,39H,9,13-14H2,1H3/t20-,21+,24-,25-,31+,32-/m0/s1. The van der Waals surface area contributed by atoms with Crippen LogP contribution in [0.25, 0.3) is 0 Å². The van der Waals surface area contributed by atoms with E-state index in [1.807, 2.05) is 23.6 Å². The number of allylic oxidation sites excluding steroid dienone is 2. The Morgan fingerprint density at radius 2 is 1.80 bits per heavy atom. The van der Waals surface area contributed by atoms with Gasteiger partial charge in [0.2, 0.25) is 11.8 Å². The SMILES string of the molecule is COc1cc([C@H]2C3=CC[C@@H]4C(=O)N(Cc5cccs5)C(=O)[C@@H]4[C@@H]3C[C@@]3(Cl)C(=O)N(c4ccc(F)cc4)C(=O)[C@@]23Cl)cc(Br)c1O. The number of fused-ring (bicyclic) bond motifs is 4. The molecule has 3 fully saturated rings. The number of benzene rings is 2. The van der Waals surface area contributed by atoms with Crippen molar-refractivity contribution in [3.05, 3.63) is 86.3 Å². The van der Waals surface area contributed by atoms with Gasteiger partial charge in [-0.25, -0.2) is 9.29 Å². The number of alkyl halides is 2. The number of nitrogens with zero attached hydrogens (tertiary/aromatic N) is 2. The van der Waals surface area contributed by atoms with E-state index in [0.717, 1.165) is 21.9 Å². The number of thiophene rings is 1. The normalized spacial score (nSPS) is 30.7. The van der Waals surface area contributed by atoms with E-state index in [2.05, 4.69) is 15.9 Å². The van der Waals surface area contributed by atoms with E-state index in [1.54, 1.807) is 6.07 Å². The van der Waals surface area contributed by atoms with Crippen LogP contribution in [0.5, 0.6) is 11.5 Å². The summed E-state index contributed by atoms with van der Waals surface area (Å²) in [6.45, 7) is 0.136. The van der Waals surface area contributed by atoms with Gasteiger partial charge in [-0.2, -0.15) is 0 Å². The summed E-state index contributed by atoms with van der Waals surface area (Å²) in [5, 5.41) is 12.5. The molecule has 8 nitrogen and oxygen atoms in total. The van der Waals surface area contributed by atoms with Gasteiger partial charge in [-0.1, -0.05) is 17.7 Å². The van der Waals surface area contributed by atoms with Crippen LogP contribution in [0.4, 0.5) is 10.1 Å². The molecule has 1 aromatic heterocycles. The van der Waals surface area contributed by atoms with Crippen molar-refractivity contribution in [1.29, 1.82) is 0 Å². The Kier molecular flexibility index (Phi) is 7.20. The molecule has 3 aromatic rings. The van der Waals surface area contributed by atoms with E-state index in [0.29, 0.717) is 11.1 Å². The van der Waals surface area contributed by atoms with Gasteiger partial charge in [-0.3, -0.25) is 24.1 Å². The van der Waals surface area contributed by atoms with E-state index >= 15 is 0 Å². The highest BCUT2D eigenvalue weighted by Crippen LogP contribution is 2.66. The minimum absolute atomic E-state index is 0.0811. The second-order valence-electron chi connectivity index (χ2n) is 11.6. The lowest BCUT2D eigenvalue weighted by atomic mass is 9.56. The molecule has 45 heavy (non-hydrogen) atoms. The maximum atomic E-state index is 14.4. The van der Waals surface area contributed by atoms with Gasteiger partial charge in [0.15, 0.2) is 21.2 Å². The summed E-state index contributed by atoms with van der Waals surface area (Å²) in [5.41, 5.74) is 1.09. The van der Waals surface area contributed by atoms with Crippen LogP contribution in [0.3, 0.4) is 0 Å². The highest BCUT2D eigenvalue weighted by Gasteiger charge is 2.76. The van der Waals surface area contributed by atoms with Crippen LogP contribution < -0.4 is 9.64 Å². The lowest BCUT2D eigenvalue weighted by Crippen LogP contribution is -2.60. The molecule has 7 rings (SSSR count). The van der Waals surface area contributed by atoms with Gasteiger partial charge < -0.3 is 9.84 Å². The molecule has 2 aliphatic carbocycles. The molecule has 2 aliphatic heterocycles. The molecular formula is C32H24BrCl2FN2O6S. The second-order valence-corrected chi connectivity index (χ2v) is 14.8. The molecule has 2 aromatic carbocycles. The number of amides is 4. The number of rotatable bonds is 5. The van der Waals surface area contributed by atoms with E-state index in [1.165, 1.54) is 41.5 Å². The number of halogens is 4. The average molecular weight is 734 g/mol. The lowest BCUT2D eigenvalue weighted by Gasteiger charge is -2.50. The minimum Gasteiger partial charge on any atom is -0.503 e. The molecule has 1 N–H and O–H groups in total. The number of aromatic hydroxyl groups is 1. The molecule has 4 aliphatic rings. The molecule has 1 saturated carbocycles. The molecule has 13 heteroatoms. The van der Waals surface area contributed by atoms with Crippen molar-refractivity contribution >= 4 is 79.8 Å². The zero-order valence-electron chi connectivity index (χ0n) is 23.5. The van der Waals surface area contributed by atoms with Gasteiger partial charge in [-0.15, -0.1) is 34.5 Å². The Balaban J connectivity index is 1.40. The van der Waals surface area contributed by atoms with Gasteiger partial charge >= 0.3 is 0 Å². The number of hydrogen-bond donors (Lipinski definition) is 1. The zero-order chi connectivity index (χ0) is 32.0. The number of imide groups is 2. The topological polar surface area (TPSA) is 104 Å². The van der Waals surface area contributed by atoms with Gasteiger partial charge in [-0.05, 0) is 88.1 Å². The van der Waals surface area contributed by atoms with Gasteiger partial charge in [0.25, 0.3) is 11.8 Å². The first-order valence-electron chi connectivity index (χ1n) is 14.1. The van der Waals surface area contributed by atoms with Crippen molar-refractivity contribution in [2.24, 2.45) is 17.8 Å². The van der Waals surface area contributed by atoms with Crippen molar-refractivity contribution in [2.45, 2.75) is 35.1 Å². The molecular weight excluding hydrogens is 710 g/mol. The number of likely N-dealkylation sites (tertiary alicyclic amines) is 1. The van der Waals surface area contributed by atoms with Crippen LogP contribution in [0.1, 0.15) is 29.2 Å². The summed E-state index contributed by atoms with van der Waals surface area (Å²) in [7, 11) is 1.37. The average Bonchev–Trinajstić information content (AvgIpc) is 3.66. The predicted molar refractivity (Wildman–Crippen MR) is 169 cm³/mol. The summed E-state index contributed by atoms with van der Waals surface area (Å²) >= 11 is 19.5. The van der Waals surface area contributed by atoms with Crippen molar-refractivity contribution < 1.29 is 33.4 Å². The maximum Gasteiger partial charge on any atom is 0.258 e. The summed E-state index contributed by atoms with van der Waals surface area (Å²) in [6, 6.07) is 11.6. The van der Waals surface area contributed by atoms with Crippen molar-refractivity contribution in [1.82, 2.24) is 4.90 Å². The second kappa shape index (κ2) is 10.7. The van der Waals surface area contributed by atoms with E-state index in [4.69, 9.17) is 27.9 Å². The van der Waals surface area contributed by atoms with Gasteiger partial charge in [0.05, 0.1) is 35.7 Å². The quantitative estimate of drug-likeness (QED) is 0.192. The molecule has 2 saturated heterocycles. The Bertz CT molecular complexity index is 1820. The fourth-order valence-electron chi connectivity index (χ4n) is 7.47. The lowest BCUT2D eigenvalue weighted by molar-refractivity contribution is -0.141. The highest BCUT2D eigenvalue weighted by molar-refractivity contribution is 9.10. The van der Waals surface area contributed by atoms with Crippen LogP contribution in [0.15, 0.2) is 70.0 Å². The number of phenols is 1. The first kappa shape index (κ1) is 30.4. The van der Waals surface area contributed by atoms with E-state index < -0.39 is 51.1 Å². The fraction of sp³-hybridized carbons (Fsp3) is 0.312. The highest BCUT2D eigenvalue weighted by atomic mass is 79.9. The fourth-order valence-corrected chi connectivity index (χ4v) is 9.56. The largest absolute Gasteiger partial charge is 0.503 e. The summed E-state index contributed by atoms with van der Waals surface area (Å²) in [4.78, 5) is 55.3. The van der Waals surface area contributed by atoms with Crippen LogP contribution in [0.2, 0.25) is 0 Å².